The summed E-state index contributed by atoms with van der Waals surface area (Å²) in [7, 11) is 0. The van der Waals surface area contributed by atoms with Crippen molar-refractivity contribution in [1.29, 1.82) is 0 Å². The van der Waals surface area contributed by atoms with Crippen molar-refractivity contribution in [2.75, 3.05) is 0 Å². The van der Waals surface area contributed by atoms with Gasteiger partial charge in [-0.3, -0.25) is 4.79 Å². The second-order valence-electron chi connectivity index (χ2n) is 1.94. The Kier molecular flexibility index (Phi) is 2.82. The highest BCUT2D eigenvalue weighted by molar-refractivity contribution is 6.41. The fourth-order valence-corrected chi connectivity index (χ4v) is 0.592. The number of rotatable bonds is 3. The first-order valence-electron chi connectivity index (χ1n) is 3.08. The van der Waals surface area contributed by atoms with Gasteiger partial charge in [-0.05, 0) is 0 Å². The van der Waals surface area contributed by atoms with Crippen molar-refractivity contribution in [1.82, 2.24) is 15.5 Å². The van der Waals surface area contributed by atoms with E-state index in [0.29, 0.717) is 5.82 Å². The quantitative estimate of drug-likeness (QED) is 0.698. The third kappa shape index (κ3) is 2.35. The van der Waals surface area contributed by atoms with Crippen molar-refractivity contribution < 1.29 is 9.32 Å². The zero-order chi connectivity index (χ0) is 8.97. The van der Waals surface area contributed by atoms with Crippen LogP contribution in [0.1, 0.15) is 5.82 Å². The first-order chi connectivity index (χ1) is 5.70. The number of carbonyl (C=O) groups is 1. The van der Waals surface area contributed by atoms with Crippen LogP contribution in [0.4, 0.5) is 0 Å². The summed E-state index contributed by atoms with van der Waals surface area (Å²) >= 11 is 5.30. The Morgan fingerprint density at radius 2 is 2.58 bits per heavy atom. The summed E-state index contributed by atoms with van der Waals surface area (Å²) in [5.74, 6) is -0.0530. The third-order valence-electron chi connectivity index (χ3n) is 1.06. The largest absolute Gasteiger partial charge is 0.344 e. The average molecular weight is 188 g/mol. The number of hydrogen-bond donors (Lipinski definition) is 1. The van der Waals surface area contributed by atoms with Gasteiger partial charge < -0.3 is 9.84 Å². The molecule has 0 atom stereocenters. The molecule has 1 amide bonds. The van der Waals surface area contributed by atoms with Crippen molar-refractivity contribution in [2.45, 2.75) is 6.54 Å². The maximum Gasteiger partial charge on any atom is 0.262 e. The van der Waals surface area contributed by atoms with Crippen molar-refractivity contribution in [3.63, 3.8) is 0 Å². The SMILES string of the molecule is C=C(Cl)C(=O)NCc1ncon1. The Bertz CT molecular complexity index is 283. The van der Waals surface area contributed by atoms with Crippen molar-refractivity contribution >= 4 is 17.5 Å². The minimum atomic E-state index is -0.443. The molecule has 1 N–H and O–H groups in total. The van der Waals surface area contributed by atoms with Gasteiger partial charge in [-0.2, -0.15) is 4.98 Å². The summed E-state index contributed by atoms with van der Waals surface area (Å²) in [4.78, 5) is 14.5. The maximum atomic E-state index is 10.8. The summed E-state index contributed by atoms with van der Waals surface area (Å²) in [6.07, 6.45) is 1.18. The van der Waals surface area contributed by atoms with Gasteiger partial charge in [0.1, 0.15) is 0 Å². The van der Waals surface area contributed by atoms with Gasteiger partial charge >= 0.3 is 0 Å². The van der Waals surface area contributed by atoms with Crippen LogP contribution in [0, 0.1) is 0 Å². The van der Waals surface area contributed by atoms with E-state index in [9.17, 15) is 4.79 Å². The molecule has 1 aromatic heterocycles. The van der Waals surface area contributed by atoms with Gasteiger partial charge in [0.2, 0.25) is 6.39 Å². The van der Waals surface area contributed by atoms with Crippen LogP contribution in [-0.2, 0) is 11.3 Å². The van der Waals surface area contributed by atoms with Crippen LogP contribution in [-0.4, -0.2) is 16.0 Å². The smallest absolute Gasteiger partial charge is 0.262 e. The van der Waals surface area contributed by atoms with E-state index in [2.05, 4.69) is 26.6 Å². The van der Waals surface area contributed by atoms with Gasteiger partial charge in [-0.1, -0.05) is 23.3 Å². The molecule has 0 fully saturated rings. The number of hydrogen-bond acceptors (Lipinski definition) is 4. The van der Waals surface area contributed by atoms with Crippen molar-refractivity contribution in [3.8, 4) is 0 Å². The second kappa shape index (κ2) is 3.87. The molecule has 1 rings (SSSR count). The predicted octanol–water partition coefficient (Wildman–Crippen LogP) is 0.438. The average Bonchev–Trinajstić information content (AvgIpc) is 2.51. The number of halogens is 1. The van der Waals surface area contributed by atoms with Gasteiger partial charge in [-0.25, -0.2) is 0 Å². The molecule has 0 spiro atoms. The highest BCUT2D eigenvalue weighted by Crippen LogP contribution is 1.96. The molecule has 6 heteroatoms. The van der Waals surface area contributed by atoms with Crippen LogP contribution in [0.15, 0.2) is 22.5 Å². The lowest BCUT2D eigenvalue weighted by Crippen LogP contribution is -2.22. The molecule has 0 saturated carbocycles. The molecular formula is C6H6ClN3O2. The molecule has 0 aliphatic carbocycles. The Balaban J connectivity index is 2.37. The summed E-state index contributed by atoms with van der Waals surface area (Å²) in [5, 5.41) is 5.83. The number of amides is 1. The second-order valence-corrected chi connectivity index (χ2v) is 2.39. The van der Waals surface area contributed by atoms with Crippen LogP contribution in [0.5, 0.6) is 0 Å². The van der Waals surface area contributed by atoms with Gasteiger partial charge in [0.25, 0.3) is 5.91 Å². The predicted molar refractivity (Wildman–Crippen MR) is 41.1 cm³/mol. The van der Waals surface area contributed by atoms with Crippen LogP contribution in [0.25, 0.3) is 0 Å². The van der Waals surface area contributed by atoms with Crippen LogP contribution in [0.3, 0.4) is 0 Å². The monoisotopic (exact) mass is 187 g/mol. The van der Waals surface area contributed by atoms with E-state index in [0.717, 1.165) is 0 Å². The molecule has 64 valence electrons. The summed E-state index contributed by atoms with van der Waals surface area (Å²) in [5.41, 5.74) is 0. The van der Waals surface area contributed by atoms with Gasteiger partial charge in [0.15, 0.2) is 5.82 Å². The number of aromatic nitrogens is 2. The number of nitrogens with zero attached hydrogens (tertiary/aromatic N) is 2. The van der Waals surface area contributed by atoms with E-state index >= 15 is 0 Å². The lowest BCUT2D eigenvalue weighted by atomic mass is 10.5. The number of carbonyl (C=O) groups excluding carboxylic acids is 1. The Labute approximate surface area is 73.4 Å². The molecule has 0 aromatic carbocycles. The lowest BCUT2D eigenvalue weighted by Gasteiger charge is -1.97. The summed E-state index contributed by atoms with van der Waals surface area (Å²) in [6.45, 7) is 3.43. The molecule has 0 aliphatic heterocycles. The third-order valence-corrected chi connectivity index (χ3v) is 1.23. The van der Waals surface area contributed by atoms with E-state index in [1.807, 2.05) is 0 Å². The first kappa shape index (κ1) is 8.73. The topological polar surface area (TPSA) is 68.0 Å². The van der Waals surface area contributed by atoms with E-state index in [1.165, 1.54) is 6.39 Å². The first-order valence-corrected chi connectivity index (χ1v) is 3.46. The normalized spacial score (nSPS) is 9.42. The van der Waals surface area contributed by atoms with E-state index in [1.54, 1.807) is 0 Å². The van der Waals surface area contributed by atoms with Gasteiger partial charge in [0.05, 0.1) is 11.6 Å². The standard InChI is InChI=1S/C6H6ClN3O2/c1-4(7)6(11)8-2-5-9-3-12-10-5/h3H,1-2H2,(H,8,11). The summed E-state index contributed by atoms with van der Waals surface area (Å²) < 4.78 is 4.44. The molecule has 0 saturated heterocycles. The Morgan fingerprint density at radius 1 is 1.83 bits per heavy atom. The van der Waals surface area contributed by atoms with Crippen molar-refractivity contribution in [2.24, 2.45) is 0 Å². The molecule has 1 aromatic rings. The minimum Gasteiger partial charge on any atom is -0.344 e. The highest BCUT2D eigenvalue weighted by Gasteiger charge is 2.04. The zero-order valence-corrected chi connectivity index (χ0v) is 6.84. The molecule has 1 heterocycles. The van der Waals surface area contributed by atoms with E-state index in [-0.39, 0.29) is 11.6 Å². The number of nitrogens with one attached hydrogen (secondary N) is 1. The van der Waals surface area contributed by atoms with Crippen LogP contribution in [0.2, 0.25) is 0 Å². The zero-order valence-electron chi connectivity index (χ0n) is 6.08. The molecule has 12 heavy (non-hydrogen) atoms. The Hall–Kier alpha value is -1.36. The fourth-order valence-electron chi connectivity index (χ4n) is 0.526. The lowest BCUT2D eigenvalue weighted by molar-refractivity contribution is -0.117. The maximum absolute atomic E-state index is 10.8. The minimum absolute atomic E-state index is 0.0708. The molecule has 0 unspecified atom stereocenters. The van der Waals surface area contributed by atoms with E-state index in [4.69, 9.17) is 11.6 Å². The van der Waals surface area contributed by atoms with Crippen LogP contribution >= 0.6 is 11.6 Å². The highest BCUT2D eigenvalue weighted by atomic mass is 35.5. The molecule has 0 radical (unpaired) electrons. The summed E-state index contributed by atoms with van der Waals surface area (Å²) in [6, 6.07) is 0. The van der Waals surface area contributed by atoms with Crippen molar-refractivity contribution in [3.05, 3.63) is 23.8 Å². The van der Waals surface area contributed by atoms with Crippen LogP contribution < -0.4 is 5.32 Å². The van der Waals surface area contributed by atoms with Gasteiger partial charge in [-0.15, -0.1) is 0 Å². The molecule has 0 bridgehead atoms. The fraction of sp³-hybridized carbons (Fsp3) is 0.167. The molecular weight excluding hydrogens is 182 g/mol. The Morgan fingerprint density at radius 3 is 3.08 bits per heavy atom. The molecule has 0 aliphatic rings. The van der Waals surface area contributed by atoms with E-state index < -0.39 is 5.91 Å². The van der Waals surface area contributed by atoms with Gasteiger partial charge in [0, 0.05) is 0 Å². The molecule has 5 nitrogen and oxygen atoms in total.